The Balaban J connectivity index is 2.28. The molecule has 0 aliphatic heterocycles. The molecule has 1 unspecified atom stereocenters. The molecule has 0 aromatic heterocycles. The summed E-state index contributed by atoms with van der Waals surface area (Å²) in [5.74, 6) is -0.652. The first-order chi connectivity index (χ1) is 7.65. The van der Waals surface area contributed by atoms with Gasteiger partial charge in [0.15, 0.2) is 11.6 Å². The average Bonchev–Trinajstić information content (AvgIpc) is 2.55. The maximum Gasteiger partial charge on any atom is 0.174 e. The van der Waals surface area contributed by atoms with Crippen molar-refractivity contribution in [1.29, 1.82) is 0 Å². The van der Waals surface area contributed by atoms with E-state index in [0.29, 0.717) is 17.5 Å². The van der Waals surface area contributed by atoms with E-state index in [1.165, 1.54) is 0 Å². The van der Waals surface area contributed by atoms with Crippen LogP contribution in [0.2, 0.25) is 0 Å². The van der Waals surface area contributed by atoms with Gasteiger partial charge < -0.3 is 0 Å². The van der Waals surface area contributed by atoms with Crippen LogP contribution in [0, 0.1) is 5.92 Å². The maximum absolute atomic E-state index is 11.9. The van der Waals surface area contributed by atoms with Gasteiger partial charge in [0.05, 0.1) is 5.92 Å². The monoisotopic (exact) mass is 256 g/mol. The second kappa shape index (κ2) is 4.56. The highest BCUT2D eigenvalue weighted by Crippen LogP contribution is 2.30. The second-order valence-electron chi connectivity index (χ2n) is 3.81. The van der Waals surface area contributed by atoms with Crippen molar-refractivity contribution in [3.8, 4) is 0 Å². The Labute approximate surface area is 104 Å². The number of carbonyl (C=O) groups excluding carboxylic acids is 2. The van der Waals surface area contributed by atoms with Crippen LogP contribution in [0.15, 0.2) is 24.3 Å². The second-order valence-corrected chi connectivity index (χ2v) is 4.74. The Morgan fingerprint density at radius 2 is 1.62 bits per heavy atom. The molecule has 1 aliphatic carbocycles. The van der Waals surface area contributed by atoms with Gasteiger partial charge in [0.25, 0.3) is 0 Å². The summed E-state index contributed by atoms with van der Waals surface area (Å²) in [5.41, 5.74) is 1.02. The minimum Gasteiger partial charge on any atom is -0.293 e. The van der Waals surface area contributed by atoms with Crippen molar-refractivity contribution in [2.45, 2.75) is 11.8 Å². The molecule has 2 nitrogen and oxygen atoms in total. The van der Waals surface area contributed by atoms with Gasteiger partial charge in [-0.15, -0.1) is 23.2 Å². The molecule has 2 rings (SSSR count). The highest BCUT2D eigenvalue weighted by Gasteiger charge is 2.38. The van der Waals surface area contributed by atoms with Crippen LogP contribution in [0.1, 0.15) is 27.1 Å². The fourth-order valence-corrected chi connectivity index (χ4v) is 2.24. The molecular weight excluding hydrogens is 247 g/mol. The summed E-state index contributed by atoms with van der Waals surface area (Å²) in [6, 6.07) is 6.87. The Hall–Kier alpha value is -0.860. The number of halogens is 2. The molecule has 84 valence electrons. The molecule has 0 amide bonds. The standard InChI is InChI=1S/C12H10Cl2O2/c13-6-7(14)5-10-11(15)8-3-1-2-4-9(8)12(10)16/h1-4,7,10H,5-6H2. The molecule has 0 bridgehead atoms. The number of hydrogen-bond donors (Lipinski definition) is 0. The zero-order chi connectivity index (χ0) is 11.7. The smallest absolute Gasteiger partial charge is 0.174 e. The van der Waals surface area contributed by atoms with E-state index in [-0.39, 0.29) is 22.8 Å². The molecule has 1 aromatic rings. The van der Waals surface area contributed by atoms with Gasteiger partial charge in [0.1, 0.15) is 0 Å². The fraction of sp³-hybridized carbons (Fsp3) is 0.333. The summed E-state index contributed by atoms with van der Waals surface area (Å²) in [7, 11) is 0. The number of alkyl halides is 2. The Kier molecular flexibility index (Phi) is 3.31. The highest BCUT2D eigenvalue weighted by atomic mass is 35.5. The minimum absolute atomic E-state index is 0.128. The number of rotatable bonds is 3. The molecule has 1 aromatic carbocycles. The van der Waals surface area contributed by atoms with Crippen molar-refractivity contribution in [3.05, 3.63) is 35.4 Å². The lowest BCUT2D eigenvalue weighted by molar-refractivity contribution is 0.0831. The lowest BCUT2D eigenvalue weighted by Gasteiger charge is -2.09. The zero-order valence-corrected chi connectivity index (χ0v) is 9.96. The normalized spacial score (nSPS) is 17.6. The topological polar surface area (TPSA) is 34.1 Å². The van der Waals surface area contributed by atoms with Crippen LogP contribution in [-0.2, 0) is 0 Å². The molecule has 0 fully saturated rings. The van der Waals surface area contributed by atoms with Gasteiger partial charge in [-0.05, 0) is 6.42 Å². The van der Waals surface area contributed by atoms with Crippen molar-refractivity contribution in [3.63, 3.8) is 0 Å². The Morgan fingerprint density at radius 3 is 2.06 bits per heavy atom. The quantitative estimate of drug-likeness (QED) is 0.616. The van der Waals surface area contributed by atoms with Gasteiger partial charge in [0, 0.05) is 22.4 Å². The third-order valence-corrected chi connectivity index (χ3v) is 3.61. The van der Waals surface area contributed by atoms with Crippen LogP contribution >= 0.6 is 23.2 Å². The molecule has 0 saturated carbocycles. The first-order valence-corrected chi connectivity index (χ1v) is 5.99. The van der Waals surface area contributed by atoms with Crippen molar-refractivity contribution in [2.24, 2.45) is 5.92 Å². The molecule has 1 atom stereocenters. The van der Waals surface area contributed by atoms with Crippen LogP contribution in [0.5, 0.6) is 0 Å². The van der Waals surface area contributed by atoms with E-state index in [9.17, 15) is 9.59 Å². The van der Waals surface area contributed by atoms with E-state index in [4.69, 9.17) is 23.2 Å². The Morgan fingerprint density at radius 1 is 1.12 bits per heavy atom. The number of benzene rings is 1. The fourth-order valence-electron chi connectivity index (χ4n) is 1.94. The summed E-state index contributed by atoms with van der Waals surface area (Å²) in [6.07, 6.45) is 0.317. The molecule has 16 heavy (non-hydrogen) atoms. The molecule has 1 aliphatic rings. The predicted octanol–water partition coefficient (Wildman–Crippen LogP) is 2.92. The summed E-state index contributed by atoms with van der Waals surface area (Å²) in [5, 5.41) is -0.339. The van der Waals surface area contributed by atoms with E-state index in [1.54, 1.807) is 24.3 Å². The average molecular weight is 257 g/mol. The third kappa shape index (κ3) is 1.87. The molecule has 0 saturated heterocycles. The van der Waals surface area contributed by atoms with Gasteiger partial charge in [0.2, 0.25) is 0 Å². The van der Waals surface area contributed by atoms with Crippen LogP contribution in [0.3, 0.4) is 0 Å². The van der Waals surface area contributed by atoms with Crippen LogP contribution in [0.25, 0.3) is 0 Å². The molecular formula is C12H10Cl2O2. The number of Topliss-reactive ketones (excluding diaryl/α,β-unsaturated/α-hetero) is 2. The van der Waals surface area contributed by atoms with Crippen LogP contribution in [0.4, 0.5) is 0 Å². The molecule has 0 spiro atoms. The van der Waals surface area contributed by atoms with E-state index in [2.05, 4.69) is 0 Å². The van der Waals surface area contributed by atoms with E-state index < -0.39 is 5.92 Å². The van der Waals surface area contributed by atoms with Crippen molar-refractivity contribution < 1.29 is 9.59 Å². The first kappa shape index (κ1) is 11.6. The lowest BCUT2D eigenvalue weighted by Crippen LogP contribution is -2.20. The predicted molar refractivity (Wildman–Crippen MR) is 63.6 cm³/mol. The van der Waals surface area contributed by atoms with Crippen LogP contribution in [-0.4, -0.2) is 22.8 Å². The van der Waals surface area contributed by atoms with E-state index >= 15 is 0 Å². The SMILES string of the molecule is O=C1c2ccccc2C(=O)C1CC(Cl)CCl. The number of hydrogen-bond acceptors (Lipinski definition) is 2. The summed E-state index contributed by atoms with van der Waals surface area (Å²) in [4.78, 5) is 23.9. The molecule has 0 radical (unpaired) electrons. The molecule has 0 heterocycles. The van der Waals surface area contributed by atoms with Gasteiger partial charge in [-0.1, -0.05) is 24.3 Å². The minimum atomic E-state index is -0.640. The van der Waals surface area contributed by atoms with E-state index in [1.807, 2.05) is 0 Å². The summed E-state index contributed by atoms with van der Waals surface area (Å²) < 4.78 is 0. The largest absolute Gasteiger partial charge is 0.293 e. The van der Waals surface area contributed by atoms with Crippen molar-refractivity contribution in [2.75, 3.05) is 5.88 Å². The van der Waals surface area contributed by atoms with Crippen molar-refractivity contribution >= 4 is 34.8 Å². The number of fused-ring (bicyclic) bond motifs is 1. The van der Waals surface area contributed by atoms with Gasteiger partial charge in [-0.2, -0.15) is 0 Å². The van der Waals surface area contributed by atoms with E-state index in [0.717, 1.165) is 0 Å². The van der Waals surface area contributed by atoms with Gasteiger partial charge >= 0.3 is 0 Å². The Bertz CT molecular complexity index is 407. The molecule has 0 N–H and O–H groups in total. The van der Waals surface area contributed by atoms with Gasteiger partial charge in [-0.3, -0.25) is 9.59 Å². The highest BCUT2D eigenvalue weighted by molar-refractivity contribution is 6.30. The molecule has 4 heteroatoms. The summed E-state index contributed by atoms with van der Waals surface area (Å²) in [6.45, 7) is 0. The number of carbonyl (C=O) groups is 2. The zero-order valence-electron chi connectivity index (χ0n) is 8.45. The summed E-state index contributed by atoms with van der Waals surface area (Å²) >= 11 is 11.5. The van der Waals surface area contributed by atoms with Crippen LogP contribution < -0.4 is 0 Å². The lowest BCUT2D eigenvalue weighted by atomic mass is 9.98. The number of ketones is 2. The first-order valence-electron chi connectivity index (χ1n) is 5.02. The third-order valence-electron chi connectivity index (χ3n) is 2.75. The van der Waals surface area contributed by atoms with Crippen molar-refractivity contribution in [1.82, 2.24) is 0 Å². The van der Waals surface area contributed by atoms with Gasteiger partial charge in [-0.25, -0.2) is 0 Å². The maximum atomic E-state index is 11.9.